The third-order valence-electron chi connectivity index (χ3n) is 9.35. The van der Waals surface area contributed by atoms with Gasteiger partial charge in [0, 0.05) is 36.1 Å². The Morgan fingerprint density at radius 2 is 1.96 bits per heavy atom. The number of quaternary nitrogens is 1. The molecule has 1 aliphatic rings. The molecule has 1 fully saturated rings. The van der Waals surface area contributed by atoms with Crippen LogP contribution < -0.4 is 15.2 Å². The average molecular weight is 613 g/mol. The average Bonchev–Trinajstić information content (AvgIpc) is 3.04. The zero-order valence-corrected chi connectivity index (χ0v) is 26.9. The number of carbonyl (C=O) groups is 1. The van der Waals surface area contributed by atoms with E-state index in [1.165, 1.54) is 0 Å². The van der Waals surface area contributed by atoms with Crippen molar-refractivity contribution in [3.63, 3.8) is 0 Å². The van der Waals surface area contributed by atoms with E-state index in [1.54, 1.807) is 19.5 Å². The van der Waals surface area contributed by atoms with Gasteiger partial charge in [0.05, 0.1) is 32.5 Å². The highest BCUT2D eigenvalue weighted by molar-refractivity contribution is 5.87. The second-order valence-electron chi connectivity index (χ2n) is 12.9. The molecule has 1 amide bonds. The summed E-state index contributed by atoms with van der Waals surface area (Å²) in [4.78, 5) is 26.5. The van der Waals surface area contributed by atoms with Crippen molar-refractivity contribution < 1.29 is 23.9 Å². The topological polar surface area (TPSA) is 120 Å². The van der Waals surface area contributed by atoms with Gasteiger partial charge in [-0.15, -0.1) is 0 Å². The molecule has 1 unspecified atom stereocenters. The summed E-state index contributed by atoms with van der Waals surface area (Å²) in [6.07, 6.45) is 10.9. The van der Waals surface area contributed by atoms with E-state index in [2.05, 4.69) is 29.0 Å². The highest BCUT2D eigenvalue weighted by Crippen LogP contribution is 2.39. The number of aromatic nitrogens is 3. The molecule has 45 heavy (non-hydrogen) atoms. The van der Waals surface area contributed by atoms with E-state index in [-0.39, 0.29) is 12.0 Å². The van der Waals surface area contributed by atoms with Crippen LogP contribution in [0.3, 0.4) is 0 Å². The van der Waals surface area contributed by atoms with Gasteiger partial charge >= 0.3 is 0 Å². The molecule has 0 saturated heterocycles. The van der Waals surface area contributed by atoms with E-state index in [1.807, 2.05) is 56.7 Å². The minimum Gasteiger partial charge on any atom is -0.496 e. The lowest BCUT2D eigenvalue weighted by atomic mass is 9.71. The molecule has 0 bridgehead atoms. The molecule has 1 aliphatic carbocycles. The van der Waals surface area contributed by atoms with Crippen LogP contribution in [-0.2, 0) is 17.6 Å². The summed E-state index contributed by atoms with van der Waals surface area (Å²) >= 11 is 0. The van der Waals surface area contributed by atoms with Crippen molar-refractivity contribution >= 4 is 16.7 Å². The van der Waals surface area contributed by atoms with Crippen LogP contribution in [0.25, 0.3) is 22.0 Å². The highest BCUT2D eigenvalue weighted by Gasteiger charge is 2.54. The Morgan fingerprint density at radius 1 is 1.13 bits per heavy atom. The molecule has 5 rings (SSSR count). The number of aliphatic hydroxyl groups is 1. The molecule has 0 aliphatic heterocycles. The smallest absolute Gasteiger partial charge is 0.255 e. The molecule has 3 aromatic heterocycles. The zero-order chi connectivity index (χ0) is 32.0. The summed E-state index contributed by atoms with van der Waals surface area (Å²) in [5.41, 5.74) is 7.97. The molecule has 238 valence electrons. The number of rotatable bonds is 13. The van der Waals surface area contributed by atoms with E-state index >= 15 is 0 Å². The SMILES string of the molecule is CCCCc1cc2ccccc2c(OCC[N+](C)(C)[C@H]2CCC(Cc3ccc(-c4cnccc4OC)nc3)C[C@@]2(O)C(N)=O)n1. The molecule has 3 heterocycles. The normalized spacial score (nSPS) is 20.2. The number of hydrogen-bond acceptors (Lipinski definition) is 7. The maximum Gasteiger partial charge on any atom is 0.255 e. The lowest BCUT2D eigenvalue weighted by Crippen LogP contribution is -2.68. The number of methoxy groups -OCH3 is 1. The third-order valence-corrected chi connectivity index (χ3v) is 9.35. The minimum atomic E-state index is -1.63. The maximum absolute atomic E-state index is 12.8. The fraction of sp³-hybridized carbons (Fsp3) is 0.444. The standard InChI is InChI=1S/C36H45N5O4/c1-5-6-10-28-21-27-9-7-8-11-29(27)34(40-28)45-19-18-41(2,3)33-15-13-25(22-36(33,43)35(37)42)20-26-12-14-31(39-23-26)30-24-38-17-16-32(30)44-4/h7-9,11-12,14,16-17,21,23-25,33,43H,5-6,10,13,15,18-20,22H2,1-4H3,(H-,37,42)/p+1/t25?,33-,36-/m0/s1. The minimum absolute atomic E-state index is 0.0944. The molecule has 9 nitrogen and oxygen atoms in total. The number of carbonyl (C=O) groups excluding carboxylic acids is 1. The van der Waals surface area contributed by atoms with Crippen LogP contribution in [0.2, 0.25) is 0 Å². The van der Waals surface area contributed by atoms with Gasteiger partial charge in [-0.1, -0.05) is 37.6 Å². The van der Waals surface area contributed by atoms with Crippen molar-refractivity contribution in [3.05, 3.63) is 78.4 Å². The largest absolute Gasteiger partial charge is 0.496 e. The number of aryl methyl sites for hydroxylation is 1. The highest BCUT2D eigenvalue weighted by atomic mass is 16.5. The zero-order valence-electron chi connectivity index (χ0n) is 26.9. The quantitative estimate of drug-likeness (QED) is 0.201. The Bertz CT molecular complexity index is 1610. The predicted molar refractivity (Wildman–Crippen MR) is 176 cm³/mol. The predicted octanol–water partition coefficient (Wildman–Crippen LogP) is 5.13. The molecule has 3 N–H and O–H groups in total. The van der Waals surface area contributed by atoms with E-state index in [0.717, 1.165) is 59.0 Å². The van der Waals surface area contributed by atoms with Crippen LogP contribution in [0.4, 0.5) is 0 Å². The Hall–Kier alpha value is -4.08. The number of amides is 1. The molecule has 0 spiro atoms. The molecule has 9 heteroatoms. The molecule has 1 saturated carbocycles. The summed E-state index contributed by atoms with van der Waals surface area (Å²) in [6, 6.07) is 15.7. The fourth-order valence-corrected chi connectivity index (χ4v) is 6.82. The monoisotopic (exact) mass is 612 g/mol. The van der Waals surface area contributed by atoms with Gasteiger partial charge < -0.3 is 24.8 Å². The number of nitrogens with two attached hydrogens (primary N) is 1. The van der Waals surface area contributed by atoms with Gasteiger partial charge in [-0.3, -0.25) is 14.8 Å². The second-order valence-corrected chi connectivity index (χ2v) is 12.9. The molecular formula is C36H46N5O4+. The molecule has 1 aromatic carbocycles. The van der Waals surface area contributed by atoms with Gasteiger partial charge in [0.15, 0.2) is 5.60 Å². The Balaban J connectivity index is 1.25. The summed E-state index contributed by atoms with van der Waals surface area (Å²) in [5.74, 6) is 0.774. The number of unbranched alkanes of at least 4 members (excludes halogenated alkanes) is 1. The van der Waals surface area contributed by atoms with Gasteiger partial charge in [-0.2, -0.15) is 0 Å². The first kappa shape index (κ1) is 32.3. The van der Waals surface area contributed by atoms with E-state index in [4.69, 9.17) is 20.2 Å². The van der Waals surface area contributed by atoms with Gasteiger partial charge in [0.25, 0.3) is 5.91 Å². The third kappa shape index (κ3) is 7.26. The first-order chi connectivity index (χ1) is 21.6. The van der Waals surface area contributed by atoms with Crippen molar-refractivity contribution in [2.24, 2.45) is 11.7 Å². The van der Waals surface area contributed by atoms with Crippen LogP contribution in [0.5, 0.6) is 11.6 Å². The summed E-state index contributed by atoms with van der Waals surface area (Å²) in [7, 11) is 5.71. The lowest BCUT2D eigenvalue weighted by Gasteiger charge is -2.49. The van der Waals surface area contributed by atoms with Crippen LogP contribution in [-0.4, -0.2) is 76.4 Å². The number of fused-ring (bicyclic) bond motifs is 1. The van der Waals surface area contributed by atoms with Crippen LogP contribution in [0, 0.1) is 5.92 Å². The Morgan fingerprint density at radius 3 is 2.69 bits per heavy atom. The van der Waals surface area contributed by atoms with Crippen molar-refractivity contribution in [1.29, 1.82) is 0 Å². The van der Waals surface area contributed by atoms with E-state index < -0.39 is 11.5 Å². The number of nitrogens with zero attached hydrogens (tertiary/aromatic N) is 4. The van der Waals surface area contributed by atoms with Crippen LogP contribution in [0.1, 0.15) is 50.3 Å². The van der Waals surface area contributed by atoms with Gasteiger partial charge in [-0.25, -0.2) is 4.98 Å². The fourth-order valence-electron chi connectivity index (χ4n) is 6.82. The molecule has 3 atom stereocenters. The first-order valence-corrected chi connectivity index (χ1v) is 15.9. The van der Waals surface area contributed by atoms with Crippen LogP contribution in [0.15, 0.2) is 67.1 Å². The number of likely N-dealkylation sites (N-methyl/N-ethyl adjacent to an activating group) is 1. The first-order valence-electron chi connectivity index (χ1n) is 15.9. The molecular weight excluding hydrogens is 566 g/mol. The van der Waals surface area contributed by atoms with Crippen LogP contribution >= 0.6 is 0 Å². The van der Waals surface area contributed by atoms with Crippen molar-refractivity contribution in [3.8, 4) is 22.9 Å². The summed E-state index contributed by atoms with van der Waals surface area (Å²) in [6.45, 7) is 3.16. The number of hydrogen-bond donors (Lipinski definition) is 2. The Kier molecular flexibility index (Phi) is 9.99. The van der Waals surface area contributed by atoms with E-state index in [0.29, 0.717) is 48.5 Å². The van der Waals surface area contributed by atoms with Crippen molar-refractivity contribution in [2.45, 2.75) is 63.5 Å². The molecule has 4 aromatic rings. The van der Waals surface area contributed by atoms with Crippen molar-refractivity contribution in [2.75, 3.05) is 34.4 Å². The van der Waals surface area contributed by atoms with Gasteiger partial charge in [-0.05, 0) is 73.2 Å². The lowest BCUT2D eigenvalue weighted by molar-refractivity contribution is -0.922. The second kappa shape index (κ2) is 13.9. The van der Waals surface area contributed by atoms with E-state index in [9.17, 15) is 9.90 Å². The summed E-state index contributed by atoms with van der Waals surface area (Å²) < 4.78 is 12.2. The summed E-state index contributed by atoms with van der Waals surface area (Å²) in [5, 5.41) is 13.9. The Labute approximate surface area is 266 Å². The van der Waals surface area contributed by atoms with Gasteiger partial charge in [0.1, 0.15) is 24.9 Å². The van der Waals surface area contributed by atoms with Gasteiger partial charge in [0.2, 0.25) is 5.88 Å². The number of ether oxygens (including phenoxy) is 2. The number of benzene rings is 1. The van der Waals surface area contributed by atoms with Crippen molar-refractivity contribution in [1.82, 2.24) is 15.0 Å². The molecule has 0 radical (unpaired) electrons. The number of primary amides is 1. The number of pyridine rings is 3. The maximum atomic E-state index is 12.8.